The van der Waals surface area contributed by atoms with E-state index in [0.717, 1.165) is 0 Å². The normalized spacial score (nSPS) is 11.3. The number of carbonyl (C=O) groups is 3. The molecule has 0 bridgehead atoms. The predicted octanol–water partition coefficient (Wildman–Crippen LogP) is -0.341. The van der Waals surface area contributed by atoms with Crippen LogP contribution in [0.25, 0.3) is 0 Å². The lowest BCUT2D eigenvalue weighted by molar-refractivity contribution is -0.142. The van der Waals surface area contributed by atoms with Crippen LogP contribution in [0, 0.1) is 0 Å². The number of nitrogens with one attached hydrogen (secondary N) is 2. The lowest BCUT2D eigenvalue weighted by Crippen LogP contribution is -2.46. The summed E-state index contributed by atoms with van der Waals surface area (Å²) < 4.78 is 0. The van der Waals surface area contributed by atoms with Gasteiger partial charge < -0.3 is 10.4 Å². The molecule has 0 saturated heterocycles. The van der Waals surface area contributed by atoms with Crippen molar-refractivity contribution < 1.29 is 19.5 Å². The fourth-order valence-electron chi connectivity index (χ4n) is 0.923. The van der Waals surface area contributed by atoms with Gasteiger partial charge in [0, 0.05) is 6.54 Å². The van der Waals surface area contributed by atoms with Gasteiger partial charge in [-0.25, -0.2) is 4.79 Å². The van der Waals surface area contributed by atoms with Gasteiger partial charge in [-0.3, -0.25) is 19.8 Å². The molecule has 0 saturated carbocycles. The second kappa shape index (κ2) is 8.77. The standard InChI is InChI=1S/C9H17N3O4.ClH/c1-4-10-9(16)11-7(13)5-12(3)6(2)8(14)15;/h6H,4-5H2,1-3H3,(H,14,15)(H2,10,11,13,16);1H. The molecule has 0 aliphatic carbocycles. The average molecular weight is 268 g/mol. The van der Waals surface area contributed by atoms with Crippen molar-refractivity contribution in [1.29, 1.82) is 0 Å². The maximum atomic E-state index is 11.3. The zero-order valence-corrected chi connectivity index (χ0v) is 10.8. The molecule has 0 rings (SSSR count). The molecule has 0 radical (unpaired) electrons. The number of urea groups is 1. The average Bonchev–Trinajstić information content (AvgIpc) is 2.16. The Morgan fingerprint density at radius 1 is 1.35 bits per heavy atom. The molecule has 0 fully saturated rings. The van der Waals surface area contributed by atoms with E-state index in [9.17, 15) is 14.4 Å². The van der Waals surface area contributed by atoms with Gasteiger partial charge in [0.2, 0.25) is 5.91 Å². The highest BCUT2D eigenvalue weighted by Gasteiger charge is 2.19. The quantitative estimate of drug-likeness (QED) is 0.633. The first-order chi connectivity index (χ1) is 7.38. The van der Waals surface area contributed by atoms with Crippen molar-refractivity contribution in [1.82, 2.24) is 15.5 Å². The fraction of sp³-hybridized carbons (Fsp3) is 0.667. The van der Waals surface area contributed by atoms with Crippen LogP contribution >= 0.6 is 12.4 Å². The minimum atomic E-state index is -1.02. The Bertz CT molecular complexity index is 285. The Morgan fingerprint density at radius 2 is 1.88 bits per heavy atom. The summed E-state index contributed by atoms with van der Waals surface area (Å²) in [5.41, 5.74) is 0. The summed E-state index contributed by atoms with van der Waals surface area (Å²) in [4.78, 5) is 34.1. The number of halogens is 1. The summed E-state index contributed by atoms with van der Waals surface area (Å²) in [5, 5.41) is 13.2. The third-order valence-electron chi connectivity index (χ3n) is 2.00. The molecule has 1 unspecified atom stereocenters. The largest absolute Gasteiger partial charge is 0.480 e. The second-order valence-corrected chi connectivity index (χ2v) is 3.34. The second-order valence-electron chi connectivity index (χ2n) is 3.34. The van der Waals surface area contributed by atoms with Gasteiger partial charge in [-0.2, -0.15) is 0 Å². The van der Waals surface area contributed by atoms with E-state index in [0.29, 0.717) is 6.54 Å². The van der Waals surface area contributed by atoms with Crippen LogP contribution in [-0.4, -0.2) is 54.1 Å². The summed E-state index contributed by atoms with van der Waals surface area (Å²) in [6, 6.07) is -1.36. The number of carboxylic acids is 1. The number of nitrogens with zero attached hydrogens (tertiary/aromatic N) is 1. The van der Waals surface area contributed by atoms with Crippen molar-refractivity contribution in [2.75, 3.05) is 20.1 Å². The number of hydrogen-bond acceptors (Lipinski definition) is 4. The minimum Gasteiger partial charge on any atom is -0.480 e. The lowest BCUT2D eigenvalue weighted by atomic mass is 10.3. The molecule has 0 aliphatic heterocycles. The van der Waals surface area contributed by atoms with Crippen molar-refractivity contribution in [3.8, 4) is 0 Å². The Kier molecular flexibility index (Phi) is 9.31. The number of aliphatic carboxylic acids is 1. The Morgan fingerprint density at radius 3 is 2.29 bits per heavy atom. The third-order valence-corrected chi connectivity index (χ3v) is 2.00. The summed E-state index contributed by atoms with van der Waals surface area (Å²) in [5.74, 6) is -1.56. The number of carboxylic acid groups (broad SMARTS) is 1. The van der Waals surface area contributed by atoms with E-state index in [1.807, 2.05) is 0 Å². The summed E-state index contributed by atoms with van der Waals surface area (Å²) in [6.07, 6.45) is 0. The summed E-state index contributed by atoms with van der Waals surface area (Å²) in [6.45, 7) is 3.45. The Hall–Kier alpha value is -1.34. The van der Waals surface area contributed by atoms with Crippen LogP contribution in [0.4, 0.5) is 4.79 Å². The van der Waals surface area contributed by atoms with Crippen LogP contribution in [-0.2, 0) is 9.59 Å². The first-order valence-electron chi connectivity index (χ1n) is 4.89. The van der Waals surface area contributed by atoms with Crippen molar-refractivity contribution >= 4 is 30.3 Å². The first kappa shape index (κ1) is 18.0. The van der Waals surface area contributed by atoms with Crippen LogP contribution in [0.2, 0.25) is 0 Å². The van der Waals surface area contributed by atoms with Crippen LogP contribution in [0.5, 0.6) is 0 Å². The Balaban J connectivity index is 0. The van der Waals surface area contributed by atoms with Crippen molar-refractivity contribution in [2.24, 2.45) is 0 Å². The maximum Gasteiger partial charge on any atom is 0.321 e. The van der Waals surface area contributed by atoms with Crippen LogP contribution in [0.3, 0.4) is 0 Å². The molecule has 17 heavy (non-hydrogen) atoms. The van der Waals surface area contributed by atoms with E-state index in [1.165, 1.54) is 18.9 Å². The van der Waals surface area contributed by atoms with Crippen LogP contribution in [0.15, 0.2) is 0 Å². The molecule has 0 aromatic carbocycles. The fourth-order valence-corrected chi connectivity index (χ4v) is 0.923. The highest BCUT2D eigenvalue weighted by Crippen LogP contribution is 1.94. The number of rotatable bonds is 5. The zero-order valence-electron chi connectivity index (χ0n) is 10.0. The van der Waals surface area contributed by atoms with Gasteiger partial charge in [-0.05, 0) is 20.9 Å². The smallest absolute Gasteiger partial charge is 0.321 e. The maximum absolute atomic E-state index is 11.3. The number of amides is 3. The van der Waals surface area contributed by atoms with Crippen molar-refractivity contribution in [2.45, 2.75) is 19.9 Å². The zero-order chi connectivity index (χ0) is 12.7. The minimum absolute atomic E-state index is 0. The van der Waals surface area contributed by atoms with Crippen molar-refractivity contribution in [3.63, 3.8) is 0 Å². The monoisotopic (exact) mass is 267 g/mol. The number of carbonyl (C=O) groups excluding carboxylic acids is 2. The first-order valence-corrected chi connectivity index (χ1v) is 4.89. The molecular weight excluding hydrogens is 250 g/mol. The third kappa shape index (κ3) is 7.53. The lowest BCUT2D eigenvalue weighted by Gasteiger charge is -2.19. The summed E-state index contributed by atoms with van der Waals surface area (Å²) in [7, 11) is 1.50. The van der Waals surface area contributed by atoms with E-state index < -0.39 is 23.9 Å². The van der Waals surface area contributed by atoms with E-state index in [2.05, 4.69) is 10.6 Å². The molecule has 3 N–H and O–H groups in total. The Labute approximate surface area is 106 Å². The molecule has 0 heterocycles. The van der Waals surface area contributed by atoms with Gasteiger partial charge in [0.25, 0.3) is 0 Å². The molecule has 1 atom stereocenters. The summed E-state index contributed by atoms with van der Waals surface area (Å²) >= 11 is 0. The van der Waals surface area contributed by atoms with Gasteiger partial charge in [0.05, 0.1) is 6.54 Å². The number of likely N-dealkylation sites (N-methyl/N-ethyl adjacent to an activating group) is 1. The molecule has 0 aromatic heterocycles. The topological polar surface area (TPSA) is 98.7 Å². The van der Waals surface area contributed by atoms with E-state index in [4.69, 9.17) is 5.11 Å². The van der Waals surface area contributed by atoms with E-state index >= 15 is 0 Å². The highest BCUT2D eigenvalue weighted by atomic mass is 35.5. The van der Waals surface area contributed by atoms with Gasteiger partial charge in [-0.15, -0.1) is 12.4 Å². The van der Waals surface area contributed by atoms with Gasteiger partial charge in [-0.1, -0.05) is 0 Å². The molecule has 8 heteroatoms. The van der Waals surface area contributed by atoms with Crippen LogP contribution < -0.4 is 10.6 Å². The number of imide groups is 1. The highest BCUT2D eigenvalue weighted by molar-refractivity contribution is 5.95. The molecule has 0 aromatic rings. The molecule has 0 aliphatic rings. The molecule has 100 valence electrons. The van der Waals surface area contributed by atoms with Crippen molar-refractivity contribution in [3.05, 3.63) is 0 Å². The van der Waals surface area contributed by atoms with E-state index in [-0.39, 0.29) is 19.0 Å². The molecule has 3 amide bonds. The molecular formula is C9H18ClN3O4. The SMILES string of the molecule is CCNC(=O)NC(=O)CN(C)C(C)C(=O)O.Cl. The number of hydrogen-bond donors (Lipinski definition) is 3. The van der Waals surface area contributed by atoms with Gasteiger partial charge >= 0.3 is 12.0 Å². The molecule has 0 spiro atoms. The molecule has 7 nitrogen and oxygen atoms in total. The van der Waals surface area contributed by atoms with E-state index in [1.54, 1.807) is 6.92 Å². The van der Waals surface area contributed by atoms with Gasteiger partial charge in [0.1, 0.15) is 6.04 Å². The van der Waals surface area contributed by atoms with Crippen LogP contribution in [0.1, 0.15) is 13.8 Å². The van der Waals surface area contributed by atoms with Gasteiger partial charge in [0.15, 0.2) is 0 Å². The predicted molar refractivity (Wildman–Crippen MR) is 64.2 cm³/mol.